The van der Waals surface area contributed by atoms with Crippen molar-refractivity contribution in [3.63, 3.8) is 0 Å². The Kier molecular flexibility index (Phi) is 5.45. The van der Waals surface area contributed by atoms with Gasteiger partial charge >= 0.3 is 0 Å². The third kappa shape index (κ3) is 6.28. The van der Waals surface area contributed by atoms with Crippen molar-refractivity contribution in [1.29, 1.82) is 0 Å². The van der Waals surface area contributed by atoms with Crippen molar-refractivity contribution in [3.8, 4) is 0 Å². The first-order chi connectivity index (χ1) is 5.12. The fourth-order valence-electron chi connectivity index (χ4n) is 0.488. The number of nitrogens with one attached hydrogen (secondary N) is 1. The van der Waals surface area contributed by atoms with Crippen molar-refractivity contribution in [2.75, 3.05) is 13.1 Å². The highest BCUT2D eigenvalue weighted by atomic mass is 32.2. The second-order valence-electron chi connectivity index (χ2n) is 2.22. The zero-order valence-electron chi connectivity index (χ0n) is 7.00. The molecule has 0 aromatic rings. The van der Waals surface area contributed by atoms with E-state index < -0.39 is 10.2 Å². The molecular formula is C6H15N2O2S. The summed E-state index contributed by atoms with van der Waals surface area (Å²) in [5, 5.41) is 0. The van der Waals surface area contributed by atoms with Crippen molar-refractivity contribution >= 4 is 10.2 Å². The van der Waals surface area contributed by atoms with Crippen LogP contribution < -0.4 is 9.44 Å². The Labute approximate surface area is 68.6 Å². The highest BCUT2D eigenvalue weighted by Gasteiger charge is 2.07. The van der Waals surface area contributed by atoms with Crippen LogP contribution in [0.2, 0.25) is 0 Å². The zero-order chi connectivity index (χ0) is 8.74. The monoisotopic (exact) mass is 179 g/mol. The number of nitrogens with zero attached hydrogens (tertiary/aromatic N) is 1. The summed E-state index contributed by atoms with van der Waals surface area (Å²) in [6, 6.07) is 0. The average molecular weight is 179 g/mol. The van der Waals surface area contributed by atoms with E-state index in [2.05, 4.69) is 9.44 Å². The van der Waals surface area contributed by atoms with E-state index in [-0.39, 0.29) is 0 Å². The predicted molar refractivity (Wildman–Crippen MR) is 44.5 cm³/mol. The molecular weight excluding hydrogens is 164 g/mol. The third-order valence-corrected chi connectivity index (χ3v) is 2.11. The summed E-state index contributed by atoms with van der Waals surface area (Å²) in [6.45, 7) is 4.63. The Bertz CT molecular complexity index is 163. The normalized spacial score (nSPS) is 11.8. The van der Waals surface area contributed by atoms with Gasteiger partial charge in [0.25, 0.3) is 10.2 Å². The van der Waals surface area contributed by atoms with Crippen LogP contribution in [0.3, 0.4) is 0 Å². The first-order valence-electron chi connectivity index (χ1n) is 3.80. The van der Waals surface area contributed by atoms with Crippen molar-refractivity contribution in [2.24, 2.45) is 0 Å². The Balaban J connectivity index is 3.63. The molecule has 0 rings (SSSR count). The van der Waals surface area contributed by atoms with Crippen LogP contribution in [0.15, 0.2) is 0 Å². The molecule has 0 fully saturated rings. The van der Waals surface area contributed by atoms with E-state index in [1.54, 1.807) is 0 Å². The van der Waals surface area contributed by atoms with E-state index in [9.17, 15) is 8.42 Å². The molecule has 11 heavy (non-hydrogen) atoms. The first kappa shape index (κ1) is 10.9. The minimum Gasteiger partial charge on any atom is -0.201 e. The van der Waals surface area contributed by atoms with Crippen LogP contribution in [0.25, 0.3) is 0 Å². The van der Waals surface area contributed by atoms with Crippen LogP contribution >= 0.6 is 0 Å². The van der Waals surface area contributed by atoms with Gasteiger partial charge < -0.3 is 0 Å². The van der Waals surface area contributed by atoms with Crippen molar-refractivity contribution in [1.82, 2.24) is 9.44 Å². The van der Waals surface area contributed by atoms with Gasteiger partial charge in [0.2, 0.25) is 0 Å². The molecule has 0 saturated heterocycles. The molecule has 0 atom stereocenters. The second kappa shape index (κ2) is 5.51. The van der Waals surface area contributed by atoms with Gasteiger partial charge in [0.1, 0.15) is 0 Å². The summed E-state index contributed by atoms with van der Waals surface area (Å²) in [7, 11) is -3.33. The van der Waals surface area contributed by atoms with E-state index in [4.69, 9.17) is 0 Å². The lowest BCUT2D eigenvalue weighted by Gasteiger charge is -2.02. The van der Waals surface area contributed by atoms with E-state index in [1.807, 2.05) is 13.8 Å². The first-order valence-corrected chi connectivity index (χ1v) is 5.24. The van der Waals surface area contributed by atoms with Gasteiger partial charge in [-0.3, -0.25) is 0 Å². The summed E-state index contributed by atoms with van der Waals surface area (Å²) < 4.78 is 27.6. The molecule has 0 aliphatic carbocycles. The molecule has 0 aromatic carbocycles. The molecule has 0 aromatic heterocycles. The van der Waals surface area contributed by atoms with Gasteiger partial charge in [-0.1, -0.05) is 13.8 Å². The van der Waals surface area contributed by atoms with E-state index in [0.29, 0.717) is 13.1 Å². The standard InChI is InChI=1S/C6H15N2O2S/c1-3-5-7-11(9,10)8-6-4-2/h7H,3-6H2,1-2H3. The highest BCUT2D eigenvalue weighted by molar-refractivity contribution is 7.87. The summed E-state index contributed by atoms with van der Waals surface area (Å²) >= 11 is 0. The summed E-state index contributed by atoms with van der Waals surface area (Å²) in [5.41, 5.74) is 0. The van der Waals surface area contributed by atoms with Gasteiger partial charge in [-0.15, -0.1) is 4.72 Å². The molecule has 1 N–H and O–H groups in total. The van der Waals surface area contributed by atoms with Gasteiger partial charge in [-0.2, -0.15) is 8.42 Å². The molecule has 0 saturated carbocycles. The van der Waals surface area contributed by atoms with Crippen LogP contribution in [0.5, 0.6) is 0 Å². The smallest absolute Gasteiger partial charge is 0.201 e. The zero-order valence-corrected chi connectivity index (χ0v) is 7.82. The molecule has 67 valence electrons. The van der Waals surface area contributed by atoms with Crippen molar-refractivity contribution < 1.29 is 8.42 Å². The van der Waals surface area contributed by atoms with Gasteiger partial charge in [-0.05, 0) is 12.8 Å². The summed E-state index contributed by atoms with van der Waals surface area (Å²) in [5.74, 6) is 0. The summed E-state index contributed by atoms with van der Waals surface area (Å²) in [4.78, 5) is 0. The van der Waals surface area contributed by atoms with E-state index in [0.717, 1.165) is 12.8 Å². The predicted octanol–water partition coefficient (Wildman–Crippen LogP) is 0.245. The van der Waals surface area contributed by atoms with Crippen LogP contribution in [-0.2, 0) is 10.2 Å². The molecule has 0 aliphatic rings. The molecule has 0 amide bonds. The molecule has 1 radical (unpaired) electrons. The molecule has 4 nitrogen and oxygen atoms in total. The molecule has 0 bridgehead atoms. The fraction of sp³-hybridized carbons (Fsp3) is 1.00. The SMILES string of the molecule is CCC[N]S(=O)(=O)NCCC. The van der Waals surface area contributed by atoms with Gasteiger partial charge in [-0.25, -0.2) is 4.72 Å². The van der Waals surface area contributed by atoms with Gasteiger partial charge in [0.05, 0.1) is 0 Å². The maximum absolute atomic E-state index is 10.9. The number of hydrogen-bond donors (Lipinski definition) is 1. The largest absolute Gasteiger partial charge is 0.293 e. The fourth-order valence-corrected chi connectivity index (χ4v) is 1.46. The maximum atomic E-state index is 10.9. The Morgan fingerprint density at radius 1 is 1.27 bits per heavy atom. The minimum absolute atomic E-state index is 0.374. The highest BCUT2D eigenvalue weighted by Crippen LogP contribution is 1.82. The van der Waals surface area contributed by atoms with Crippen molar-refractivity contribution in [3.05, 3.63) is 0 Å². The summed E-state index contributed by atoms with van der Waals surface area (Å²) in [6.07, 6.45) is 1.55. The van der Waals surface area contributed by atoms with E-state index >= 15 is 0 Å². The molecule has 5 heteroatoms. The lowest BCUT2D eigenvalue weighted by Crippen LogP contribution is -2.32. The lowest BCUT2D eigenvalue weighted by atomic mass is 10.5. The van der Waals surface area contributed by atoms with Crippen LogP contribution in [0, 0.1) is 0 Å². The second-order valence-corrected chi connectivity index (χ2v) is 3.72. The van der Waals surface area contributed by atoms with Gasteiger partial charge in [0.15, 0.2) is 0 Å². The third-order valence-electron chi connectivity index (χ3n) is 1.02. The lowest BCUT2D eigenvalue weighted by molar-refractivity contribution is 0.563. The van der Waals surface area contributed by atoms with Crippen LogP contribution in [0.1, 0.15) is 26.7 Å². The molecule has 0 spiro atoms. The molecule has 0 aliphatic heterocycles. The molecule has 0 unspecified atom stereocenters. The average Bonchev–Trinajstić information content (AvgIpc) is 1.97. The quantitative estimate of drug-likeness (QED) is 0.635. The van der Waals surface area contributed by atoms with Crippen molar-refractivity contribution in [2.45, 2.75) is 26.7 Å². The Morgan fingerprint density at radius 2 is 1.91 bits per heavy atom. The van der Waals surface area contributed by atoms with Crippen LogP contribution in [-0.4, -0.2) is 21.5 Å². The maximum Gasteiger partial charge on any atom is 0.293 e. The Hall–Kier alpha value is -0.130. The topological polar surface area (TPSA) is 60.3 Å². The molecule has 0 heterocycles. The van der Waals surface area contributed by atoms with Crippen LogP contribution in [0.4, 0.5) is 0 Å². The number of hydrogen-bond acceptors (Lipinski definition) is 2. The Morgan fingerprint density at radius 3 is 2.36 bits per heavy atom. The number of rotatable bonds is 6. The van der Waals surface area contributed by atoms with E-state index in [1.165, 1.54) is 0 Å². The van der Waals surface area contributed by atoms with Gasteiger partial charge in [0, 0.05) is 13.1 Å². The minimum atomic E-state index is -3.33.